The van der Waals surface area contributed by atoms with Gasteiger partial charge in [0.2, 0.25) is 0 Å². The standard InChI is InChI=1S/C9H10IN5/c1-2-8-13-7(11)3-9(14-8)15-5-6(10)4-12-15/h3-5H,2H2,1H3,(H2,11,13,14). The average molecular weight is 315 g/mol. The normalized spacial score (nSPS) is 10.5. The molecule has 0 aromatic carbocycles. The van der Waals surface area contributed by atoms with E-state index in [2.05, 4.69) is 37.7 Å². The van der Waals surface area contributed by atoms with Gasteiger partial charge in [0.1, 0.15) is 11.6 Å². The average Bonchev–Trinajstić information content (AvgIpc) is 2.64. The number of anilines is 1. The third-order valence-electron chi connectivity index (χ3n) is 1.88. The summed E-state index contributed by atoms with van der Waals surface area (Å²) in [6.07, 6.45) is 4.42. The van der Waals surface area contributed by atoms with Gasteiger partial charge in [-0.1, -0.05) is 6.92 Å². The minimum Gasteiger partial charge on any atom is -0.384 e. The molecule has 2 aromatic heterocycles. The van der Waals surface area contributed by atoms with Crippen LogP contribution in [0.25, 0.3) is 5.82 Å². The van der Waals surface area contributed by atoms with Crippen molar-refractivity contribution in [3.05, 3.63) is 27.9 Å². The SMILES string of the molecule is CCc1nc(N)cc(-n2cc(I)cn2)n1. The smallest absolute Gasteiger partial charge is 0.159 e. The van der Waals surface area contributed by atoms with Gasteiger partial charge in [-0.3, -0.25) is 0 Å². The maximum atomic E-state index is 5.69. The van der Waals surface area contributed by atoms with Gasteiger partial charge in [0.05, 0.1) is 9.77 Å². The Morgan fingerprint density at radius 1 is 1.47 bits per heavy atom. The molecule has 0 atom stereocenters. The number of nitrogens with two attached hydrogens (primary N) is 1. The summed E-state index contributed by atoms with van der Waals surface area (Å²) in [6.45, 7) is 1.99. The summed E-state index contributed by atoms with van der Waals surface area (Å²) in [5.74, 6) is 1.92. The van der Waals surface area contributed by atoms with Crippen LogP contribution in [-0.4, -0.2) is 19.7 Å². The molecule has 0 bridgehead atoms. The Labute approximate surface area is 101 Å². The molecule has 0 saturated carbocycles. The van der Waals surface area contributed by atoms with E-state index in [9.17, 15) is 0 Å². The zero-order valence-electron chi connectivity index (χ0n) is 8.18. The van der Waals surface area contributed by atoms with Crippen molar-refractivity contribution in [1.29, 1.82) is 0 Å². The van der Waals surface area contributed by atoms with Crippen LogP contribution < -0.4 is 5.73 Å². The Morgan fingerprint density at radius 3 is 2.87 bits per heavy atom. The van der Waals surface area contributed by atoms with Gasteiger partial charge in [-0.2, -0.15) is 5.10 Å². The summed E-state index contributed by atoms with van der Waals surface area (Å²) in [5.41, 5.74) is 5.69. The molecule has 0 fully saturated rings. The number of nitrogen functional groups attached to an aromatic ring is 1. The number of halogens is 1. The molecule has 0 saturated heterocycles. The van der Waals surface area contributed by atoms with Crippen LogP contribution in [0.5, 0.6) is 0 Å². The third kappa shape index (κ3) is 2.25. The summed E-state index contributed by atoms with van der Waals surface area (Å²) in [6, 6.07) is 1.71. The Hall–Kier alpha value is -1.18. The van der Waals surface area contributed by atoms with Crippen LogP contribution in [0.4, 0.5) is 5.82 Å². The van der Waals surface area contributed by atoms with Crippen molar-refractivity contribution >= 4 is 28.4 Å². The monoisotopic (exact) mass is 315 g/mol. The number of hydrogen-bond donors (Lipinski definition) is 1. The predicted octanol–water partition coefficient (Wildman–Crippen LogP) is 1.41. The van der Waals surface area contributed by atoms with Gasteiger partial charge >= 0.3 is 0 Å². The van der Waals surface area contributed by atoms with Gasteiger partial charge in [-0.25, -0.2) is 14.6 Å². The Kier molecular flexibility index (Phi) is 2.85. The Bertz CT molecular complexity index is 479. The molecule has 78 valence electrons. The summed E-state index contributed by atoms with van der Waals surface area (Å²) < 4.78 is 2.75. The zero-order valence-corrected chi connectivity index (χ0v) is 10.3. The molecule has 0 radical (unpaired) electrons. The van der Waals surface area contributed by atoms with E-state index in [1.54, 1.807) is 16.9 Å². The molecule has 5 nitrogen and oxygen atoms in total. The van der Waals surface area contributed by atoms with Crippen LogP contribution in [-0.2, 0) is 6.42 Å². The molecule has 2 rings (SSSR count). The molecule has 0 unspecified atom stereocenters. The number of nitrogens with zero attached hydrogens (tertiary/aromatic N) is 4. The fourth-order valence-corrected chi connectivity index (χ4v) is 1.59. The second-order valence-corrected chi connectivity index (χ2v) is 4.27. The summed E-state index contributed by atoms with van der Waals surface area (Å²) in [5, 5.41) is 4.17. The van der Waals surface area contributed by atoms with Crippen molar-refractivity contribution in [2.24, 2.45) is 0 Å². The lowest BCUT2D eigenvalue weighted by Gasteiger charge is -2.03. The molecular formula is C9H10IN5. The molecule has 2 N–H and O–H groups in total. The summed E-state index contributed by atoms with van der Waals surface area (Å²) in [7, 11) is 0. The molecule has 15 heavy (non-hydrogen) atoms. The van der Waals surface area contributed by atoms with Crippen LogP contribution in [0.3, 0.4) is 0 Å². The van der Waals surface area contributed by atoms with Crippen molar-refractivity contribution in [3.63, 3.8) is 0 Å². The highest BCUT2D eigenvalue weighted by atomic mass is 127. The molecule has 0 aliphatic carbocycles. The molecule has 2 aromatic rings. The van der Waals surface area contributed by atoms with E-state index in [-0.39, 0.29) is 0 Å². The van der Waals surface area contributed by atoms with Gasteiger partial charge in [-0.05, 0) is 22.6 Å². The van der Waals surface area contributed by atoms with Crippen molar-refractivity contribution in [2.45, 2.75) is 13.3 Å². The minimum absolute atomic E-state index is 0.474. The fraction of sp³-hybridized carbons (Fsp3) is 0.222. The van der Waals surface area contributed by atoms with Crippen LogP contribution >= 0.6 is 22.6 Å². The second kappa shape index (κ2) is 4.13. The van der Waals surface area contributed by atoms with Gasteiger partial charge in [0.25, 0.3) is 0 Å². The van der Waals surface area contributed by atoms with E-state index in [4.69, 9.17) is 5.73 Å². The molecule has 2 heterocycles. The van der Waals surface area contributed by atoms with Crippen LogP contribution in [0, 0.1) is 3.57 Å². The summed E-state index contributed by atoms with van der Waals surface area (Å²) in [4.78, 5) is 8.45. The lowest BCUT2D eigenvalue weighted by atomic mass is 10.4. The van der Waals surface area contributed by atoms with Gasteiger partial charge in [0, 0.05) is 18.7 Å². The largest absolute Gasteiger partial charge is 0.384 e. The van der Waals surface area contributed by atoms with Crippen molar-refractivity contribution in [3.8, 4) is 5.82 Å². The highest BCUT2D eigenvalue weighted by Crippen LogP contribution is 2.10. The van der Waals surface area contributed by atoms with Crippen molar-refractivity contribution < 1.29 is 0 Å². The molecule has 0 spiro atoms. The van der Waals surface area contributed by atoms with E-state index >= 15 is 0 Å². The molecule has 0 amide bonds. The first-order valence-electron chi connectivity index (χ1n) is 4.53. The van der Waals surface area contributed by atoms with Crippen LogP contribution in [0.1, 0.15) is 12.7 Å². The second-order valence-electron chi connectivity index (χ2n) is 3.02. The maximum absolute atomic E-state index is 5.69. The number of aromatic nitrogens is 4. The van der Waals surface area contributed by atoms with E-state index in [1.807, 2.05) is 13.1 Å². The summed E-state index contributed by atoms with van der Waals surface area (Å²) >= 11 is 2.20. The number of hydrogen-bond acceptors (Lipinski definition) is 4. The third-order valence-corrected chi connectivity index (χ3v) is 2.44. The van der Waals surface area contributed by atoms with Gasteiger partial charge in [0.15, 0.2) is 5.82 Å². The van der Waals surface area contributed by atoms with Crippen LogP contribution in [0.15, 0.2) is 18.5 Å². The molecular weight excluding hydrogens is 305 g/mol. The van der Waals surface area contributed by atoms with Crippen molar-refractivity contribution in [1.82, 2.24) is 19.7 Å². The lowest BCUT2D eigenvalue weighted by molar-refractivity contribution is 0.815. The van der Waals surface area contributed by atoms with Crippen LogP contribution in [0.2, 0.25) is 0 Å². The molecule has 6 heteroatoms. The van der Waals surface area contributed by atoms with E-state index in [0.29, 0.717) is 11.6 Å². The lowest BCUT2D eigenvalue weighted by Crippen LogP contribution is -2.05. The maximum Gasteiger partial charge on any atom is 0.159 e. The Balaban J connectivity index is 2.48. The Morgan fingerprint density at radius 2 is 2.27 bits per heavy atom. The predicted molar refractivity (Wildman–Crippen MR) is 65.7 cm³/mol. The number of aryl methyl sites for hydroxylation is 1. The highest BCUT2D eigenvalue weighted by molar-refractivity contribution is 14.1. The minimum atomic E-state index is 0.474. The van der Waals surface area contributed by atoms with E-state index in [1.165, 1.54) is 0 Å². The van der Waals surface area contributed by atoms with E-state index < -0.39 is 0 Å². The molecule has 0 aliphatic heterocycles. The molecule has 0 aliphatic rings. The van der Waals surface area contributed by atoms with Gasteiger partial charge < -0.3 is 5.73 Å². The van der Waals surface area contributed by atoms with E-state index in [0.717, 1.165) is 15.8 Å². The van der Waals surface area contributed by atoms with Gasteiger partial charge in [-0.15, -0.1) is 0 Å². The first-order valence-corrected chi connectivity index (χ1v) is 5.61. The topological polar surface area (TPSA) is 69.6 Å². The first kappa shape index (κ1) is 10.3. The fourth-order valence-electron chi connectivity index (χ4n) is 1.20. The first-order chi connectivity index (χ1) is 7.19. The zero-order chi connectivity index (χ0) is 10.8. The highest BCUT2D eigenvalue weighted by Gasteiger charge is 2.04. The quantitative estimate of drug-likeness (QED) is 0.851. The number of rotatable bonds is 2. The van der Waals surface area contributed by atoms with Crippen molar-refractivity contribution in [2.75, 3.05) is 5.73 Å².